The van der Waals surface area contributed by atoms with Gasteiger partial charge >= 0.3 is 0 Å². The maximum atomic E-state index is 10.4. The summed E-state index contributed by atoms with van der Waals surface area (Å²) in [6.07, 6.45) is 3.75. The molecule has 0 spiro atoms. The second-order valence-corrected chi connectivity index (χ2v) is 9.70. The second kappa shape index (κ2) is 2.79. The third kappa shape index (κ3) is 1.23. The zero-order valence-corrected chi connectivity index (χ0v) is 11.1. The summed E-state index contributed by atoms with van der Waals surface area (Å²) >= 11 is 0. The average Bonchev–Trinajstić information content (AvgIpc) is 2.77. The largest absolute Gasteiger partial charge is 0.429 e. The summed E-state index contributed by atoms with van der Waals surface area (Å²) in [7, 11) is -2.43. The van der Waals surface area contributed by atoms with Crippen molar-refractivity contribution in [2.24, 2.45) is 0 Å². The Morgan fingerprint density at radius 3 is 2.44 bits per heavy atom. The molecule has 4 atom stereocenters. The fourth-order valence-corrected chi connectivity index (χ4v) is 5.03. The fraction of sp³-hybridized carbons (Fsp3) is 0.818. The number of hydrogen-bond donors (Lipinski definition) is 1. The van der Waals surface area contributed by atoms with Crippen molar-refractivity contribution in [2.75, 3.05) is 0 Å². The topological polar surface area (TPSA) is 51.2 Å². The van der Waals surface area contributed by atoms with Gasteiger partial charge in [0.1, 0.15) is 23.5 Å². The zero-order valence-electron chi connectivity index (χ0n) is 10.1. The highest BCUT2D eigenvalue weighted by Gasteiger charge is 2.75. The molecule has 2 heterocycles. The molecule has 2 unspecified atom stereocenters. The normalized spacial score (nSPS) is 48.7. The number of ether oxygens (including phenoxy) is 3. The lowest BCUT2D eigenvalue weighted by Crippen LogP contribution is -2.58. The number of epoxide rings is 1. The molecule has 1 N–H and O–H groups in total. The van der Waals surface area contributed by atoms with E-state index >= 15 is 0 Å². The summed E-state index contributed by atoms with van der Waals surface area (Å²) in [4.78, 5) is 10.4. The lowest BCUT2D eigenvalue weighted by Gasteiger charge is -2.32. The van der Waals surface area contributed by atoms with E-state index in [-0.39, 0.29) is 18.3 Å². The van der Waals surface area contributed by atoms with Gasteiger partial charge in [-0.05, 0) is 26.9 Å². The van der Waals surface area contributed by atoms with Crippen LogP contribution < -0.4 is 0 Å². The summed E-state index contributed by atoms with van der Waals surface area (Å²) in [5, 5.41) is -0.500. The van der Waals surface area contributed by atoms with Crippen molar-refractivity contribution in [1.82, 2.24) is 0 Å². The van der Waals surface area contributed by atoms with Crippen LogP contribution in [0.15, 0.2) is 12.2 Å². The van der Waals surface area contributed by atoms with E-state index in [9.17, 15) is 4.80 Å². The van der Waals surface area contributed by atoms with Crippen molar-refractivity contribution in [3.05, 3.63) is 12.2 Å². The molecular weight excluding hydrogens is 224 g/mol. The standard InChI is InChI=1S/C11H18O4Si/c1-10(2)13-7-5-6-8-11(14-8,9(7)15-10)16(3,4)12/h5-9,12H,1-4H3/t7-,8?,9-,11?/m0/s1. The first-order chi connectivity index (χ1) is 7.26. The van der Waals surface area contributed by atoms with Gasteiger partial charge in [0.15, 0.2) is 5.79 Å². The van der Waals surface area contributed by atoms with Crippen molar-refractivity contribution in [1.29, 1.82) is 0 Å². The molecule has 0 aromatic carbocycles. The molecule has 3 rings (SSSR count). The van der Waals surface area contributed by atoms with Crippen LogP contribution >= 0.6 is 0 Å². The molecule has 0 bridgehead atoms. The van der Waals surface area contributed by atoms with E-state index < -0.39 is 19.3 Å². The Kier molecular flexibility index (Phi) is 1.90. The number of fused-ring (bicyclic) bond motifs is 3. The monoisotopic (exact) mass is 242 g/mol. The van der Waals surface area contributed by atoms with Crippen LogP contribution in [0.2, 0.25) is 13.1 Å². The summed E-state index contributed by atoms with van der Waals surface area (Å²) in [5.74, 6) is -0.590. The maximum Gasteiger partial charge on any atom is 0.221 e. The van der Waals surface area contributed by atoms with Gasteiger partial charge in [-0.2, -0.15) is 0 Å². The molecule has 90 valence electrons. The molecule has 3 aliphatic rings. The molecule has 0 aromatic heterocycles. The van der Waals surface area contributed by atoms with E-state index in [1.807, 2.05) is 39.1 Å². The number of hydrogen-bond acceptors (Lipinski definition) is 4. The first-order valence-corrected chi connectivity index (χ1v) is 8.65. The molecule has 2 saturated heterocycles. The van der Waals surface area contributed by atoms with E-state index in [4.69, 9.17) is 14.2 Å². The molecule has 4 nitrogen and oxygen atoms in total. The van der Waals surface area contributed by atoms with Crippen molar-refractivity contribution < 1.29 is 19.0 Å². The SMILES string of the molecule is CC1(C)O[C@H]2C=CC3OC3([Si](C)(C)O)[C@H]2O1. The summed E-state index contributed by atoms with van der Waals surface area (Å²) in [5.41, 5.74) is 0. The van der Waals surface area contributed by atoms with E-state index in [0.29, 0.717) is 0 Å². The van der Waals surface area contributed by atoms with Gasteiger partial charge in [-0.1, -0.05) is 12.2 Å². The van der Waals surface area contributed by atoms with Crippen LogP contribution in [-0.2, 0) is 14.2 Å². The lowest BCUT2D eigenvalue weighted by molar-refractivity contribution is -0.146. The van der Waals surface area contributed by atoms with Crippen molar-refractivity contribution in [3.8, 4) is 0 Å². The molecule has 2 fully saturated rings. The van der Waals surface area contributed by atoms with Crippen LogP contribution in [0.1, 0.15) is 13.8 Å². The quantitative estimate of drug-likeness (QED) is 0.422. The molecule has 0 aromatic rings. The summed E-state index contributed by atoms with van der Waals surface area (Å²) < 4.78 is 17.5. The van der Waals surface area contributed by atoms with Crippen molar-refractivity contribution in [2.45, 2.75) is 56.3 Å². The van der Waals surface area contributed by atoms with Gasteiger partial charge in [0.25, 0.3) is 0 Å². The maximum absolute atomic E-state index is 10.4. The second-order valence-electron chi connectivity index (χ2n) is 5.80. The molecule has 0 saturated carbocycles. The van der Waals surface area contributed by atoms with E-state index in [2.05, 4.69) is 0 Å². The highest BCUT2D eigenvalue weighted by molar-refractivity contribution is 6.74. The van der Waals surface area contributed by atoms with Crippen LogP contribution in [0.25, 0.3) is 0 Å². The van der Waals surface area contributed by atoms with Gasteiger partial charge in [0.2, 0.25) is 8.32 Å². The van der Waals surface area contributed by atoms with Crippen LogP contribution in [-0.4, -0.2) is 42.4 Å². The molecule has 1 aliphatic carbocycles. The van der Waals surface area contributed by atoms with E-state index in [1.54, 1.807) is 0 Å². The Hall–Kier alpha value is -0.203. The Morgan fingerprint density at radius 2 is 1.81 bits per heavy atom. The smallest absolute Gasteiger partial charge is 0.221 e. The van der Waals surface area contributed by atoms with Gasteiger partial charge in [0, 0.05) is 0 Å². The number of rotatable bonds is 1. The lowest BCUT2D eigenvalue weighted by atomic mass is 10.0. The first-order valence-electron chi connectivity index (χ1n) is 5.70. The van der Waals surface area contributed by atoms with Crippen LogP contribution in [0, 0.1) is 0 Å². The third-order valence-electron chi connectivity index (χ3n) is 3.67. The summed E-state index contributed by atoms with van der Waals surface area (Å²) in [6.45, 7) is 7.60. The fourth-order valence-electron chi connectivity index (χ4n) is 2.90. The predicted octanol–water partition coefficient (Wildman–Crippen LogP) is 0.950. The van der Waals surface area contributed by atoms with Gasteiger partial charge in [-0.15, -0.1) is 0 Å². The molecular formula is C11H18O4Si. The van der Waals surface area contributed by atoms with Crippen molar-refractivity contribution >= 4 is 8.32 Å². The first kappa shape index (κ1) is 10.9. The van der Waals surface area contributed by atoms with Gasteiger partial charge in [-0.25, -0.2) is 0 Å². The Labute approximate surface area is 96.3 Å². The van der Waals surface area contributed by atoms with Gasteiger partial charge in [0.05, 0.1) is 0 Å². The van der Waals surface area contributed by atoms with Gasteiger partial charge in [-0.3, -0.25) is 0 Å². The molecule has 16 heavy (non-hydrogen) atoms. The minimum absolute atomic E-state index is 0.0120. The van der Waals surface area contributed by atoms with Crippen molar-refractivity contribution in [3.63, 3.8) is 0 Å². The van der Waals surface area contributed by atoms with Crippen LogP contribution in [0.3, 0.4) is 0 Å². The van der Waals surface area contributed by atoms with Crippen LogP contribution in [0.4, 0.5) is 0 Å². The van der Waals surface area contributed by atoms with Crippen LogP contribution in [0.5, 0.6) is 0 Å². The molecule has 5 heteroatoms. The molecule has 2 aliphatic heterocycles. The van der Waals surface area contributed by atoms with E-state index in [1.165, 1.54) is 0 Å². The minimum Gasteiger partial charge on any atom is -0.429 e. The average molecular weight is 242 g/mol. The predicted molar refractivity (Wildman–Crippen MR) is 60.3 cm³/mol. The zero-order chi connectivity index (χ0) is 11.8. The molecule has 0 amide bonds. The van der Waals surface area contributed by atoms with Gasteiger partial charge < -0.3 is 19.0 Å². The van der Waals surface area contributed by atoms with E-state index in [0.717, 1.165) is 0 Å². The molecule has 0 radical (unpaired) electrons. The minimum atomic E-state index is -2.43. The Balaban J connectivity index is 1.98. The third-order valence-corrected chi connectivity index (χ3v) is 6.27. The summed E-state index contributed by atoms with van der Waals surface area (Å²) in [6, 6.07) is 0. The Morgan fingerprint density at radius 1 is 1.12 bits per heavy atom. The highest BCUT2D eigenvalue weighted by atomic mass is 28.4. The Bertz CT molecular complexity index is 359. The highest BCUT2D eigenvalue weighted by Crippen LogP contribution is 2.55.